The van der Waals surface area contributed by atoms with Crippen molar-refractivity contribution in [3.63, 3.8) is 0 Å². The Morgan fingerprint density at radius 3 is 2.93 bits per heavy atom. The van der Waals surface area contributed by atoms with Crippen molar-refractivity contribution >= 4 is 11.8 Å². The fourth-order valence-corrected chi connectivity index (χ4v) is 4.22. The Hall–Kier alpha value is -2.70. The van der Waals surface area contributed by atoms with Crippen LogP contribution in [-0.4, -0.2) is 50.3 Å². The van der Waals surface area contributed by atoms with Gasteiger partial charge < -0.3 is 14.4 Å². The minimum absolute atomic E-state index is 0.0315. The van der Waals surface area contributed by atoms with Gasteiger partial charge in [0.05, 0.1) is 12.4 Å². The lowest BCUT2D eigenvalue weighted by molar-refractivity contribution is -0.133. The van der Waals surface area contributed by atoms with E-state index in [2.05, 4.69) is 4.98 Å². The number of nitrogens with zero attached hydrogens (tertiary/aromatic N) is 4. The summed E-state index contributed by atoms with van der Waals surface area (Å²) in [4.78, 5) is 33.3. The zero-order valence-electron chi connectivity index (χ0n) is 15.3. The van der Waals surface area contributed by atoms with E-state index in [0.717, 1.165) is 18.4 Å². The highest BCUT2D eigenvalue weighted by Crippen LogP contribution is 2.32. The summed E-state index contributed by atoms with van der Waals surface area (Å²) in [5, 5.41) is 0. The number of amides is 2. The molecule has 4 rings (SSSR count). The summed E-state index contributed by atoms with van der Waals surface area (Å²) in [6.45, 7) is 1.51. The van der Waals surface area contributed by atoms with Crippen LogP contribution in [0.4, 0.5) is 4.39 Å². The molecule has 1 aromatic carbocycles. The fraction of sp³-hybridized carbons (Fsp3) is 0.450. The SMILES string of the molecule is Cn1cnc(C(=O)N2C[C@H]3CCCC(=O)N(Cc4cccc(F)c4)[C@H]3C2)c1. The van der Waals surface area contributed by atoms with Crippen LogP contribution in [0.5, 0.6) is 0 Å². The van der Waals surface area contributed by atoms with Gasteiger partial charge in [0.1, 0.15) is 11.5 Å². The molecule has 2 amide bonds. The average Bonchev–Trinajstić information content (AvgIpc) is 3.22. The van der Waals surface area contributed by atoms with Crippen molar-refractivity contribution in [2.75, 3.05) is 13.1 Å². The van der Waals surface area contributed by atoms with Crippen LogP contribution in [0.1, 0.15) is 35.3 Å². The topological polar surface area (TPSA) is 58.4 Å². The third kappa shape index (κ3) is 3.59. The number of rotatable bonds is 3. The highest BCUT2D eigenvalue weighted by molar-refractivity contribution is 5.92. The number of halogens is 1. The molecule has 142 valence electrons. The van der Waals surface area contributed by atoms with Crippen LogP contribution < -0.4 is 0 Å². The number of hydrogen-bond acceptors (Lipinski definition) is 3. The lowest BCUT2D eigenvalue weighted by Gasteiger charge is -2.30. The number of fused-ring (bicyclic) bond motifs is 1. The van der Waals surface area contributed by atoms with Gasteiger partial charge in [0.25, 0.3) is 5.91 Å². The lowest BCUT2D eigenvalue weighted by atomic mass is 9.98. The van der Waals surface area contributed by atoms with E-state index in [9.17, 15) is 14.0 Å². The van der Waals surface area contributed by atoms with Gasteiger partial charge in [-0.1, -0.05) is 12.1 Å². The maximum atomic E-state index is 13.6. The van der Waals surface area contributed by atoms with Gasteiger partial charge in [-0.2, -0.15) is 0 Å². The monoisotopic (exact) mass is 370 g/mol. The highest BCUT2D eigenvalue weighted by Gasteiger charge is 2.42. The van der Waals surface area contributed by atoms with Crippen molar-refractivity contribution in [3.8, 4) is 0 Å². The molecule has 6 nitrogen and oxygen atoms in total. The summed E-state index contributed by atoms with van der Waals surface area (Å²) < 4.78 is 15.3. The number of aryl methyl sites for hydroxylation is 1. The minimum atomic E-state index is -0.301. The summed E-state index contributed by atoms with van der Waals surface area (Å²) in [6.07, 6.45) is 5.58. The number of hydrogen-bond donors (Lipinski definition) is 0. The Labute approximate surface area is 157 Å². The Balaban J connectivity index is 1.55. The average molecular weight is 370 g/mol. The largest absolute Gasteiger partial charge is 0.340 e. The number of carbonyl (C=O) groups excluding carboxylic acids is 2. The molecule has 2 atom stereocenters. The first kappa shape index (κ1) is 17.7. The van der Waals surface area contributed by atoms with Gasteiger partial charge in [0.2, 0.25) is 5.91 Å². The first-order valence-corrected chi connectivity index (χ1v) is 9.32. The zero-order chi connectivity index (χ0) is 19.0. The summed E-state index contributed by atoms with van der Waals surface area (Å²) in [6, 6.07) is 6.34. The molecule has 0 radical (unpaired) electrons. The van der Waals surface area contributed by atoms with Crippen LogP contribution in [0.25, 0.3) is 0 Å². The van der Waals surface area contributed by atoms with Crippen LogP contribution in [0.15, 0.2) is 36.8 Å². The van der Waals surface area contributed by atoms with Gasteiger partial charge in [-0.15, -0.1) is 0 Å². The molecule has 0 saturated carbocycles. The van der Waals surface area contributed by atoms with Crippen LogP contribution in [-0.2, 0) is 18.4 Å². The molecule has 2 aliphatic heterocycles. The number of carbonyl (C=O) groups is 2. The molecular weight excluding hydrogens is 347 g/mol. The predicted octanol–water partition coefficient (Wildman–Crippen LogP) is 2.21. The Kier molecular flexibility index (Phi) is 4.68. The van der Waals surface area contributed by atoms with Crippen molar-refractivity contribution in [2.24, 2.45) is 13.0 Å². The number of likely N-dealkylation sites (tertiary alicyclic amines) is 2. The molecule has 3 heterocycles. The quantitative estimate of drug-likeness (QED) is 0.832. The molecule has 7 heteroatoms. The Bertz CT molecular complexity index is 865. The molecule has 2 aliphatic rings. The van der Waals surface area contributed by atoms with Crippen molar-refractivity contribution in [2.45, 2.75) is 31.8 Å². The number of benzene rings is 1. The van der Waals surface area contributed by atoms with Crippen LogP contribution >= 0.6 is 0 Å². The van der Waals surface area contributed by atoms with Gasteiger partial charge in [0.15, 0.2) is 0 Å². The van der Waals surface area contributed by atoms with E-state index in [0.29, 0.717) is 31.7 Å². The molecule has 0 unspecified atom stereocenters. The van der Waals surface area contributed by atoms with E-state index >= 15 is 0 Å². The van der Waals surface area contributed by atoms with E-state index < -0.39 is 0 Å². The molecule has 1 aromatic heterocycles. The zero-order valence-corrected chi connectivity index (χ0v) is 15.3. The fourth-order valence-electron chi connectivity index (χ4n) is 4.22. The molecular formula is C20H23FN4O2. The maximum absolute atomic E-state index is 13.6. The van der Waals surface area contributed by atoms with Crippen molar-refractivity contribution < 1.29 is 14.0 Å². The second-order valence-electron chi connectivity index (χ2n) is 7.51. The van der Waals surface area contributed by atoms with Crippen LogP contribution in [0.3, 0.4) is 0 Å². The second-order valence-corrected chi connectivity index (χ2v) is 7.51. The third-order valence-corrected chi connectivity index (χ3v) is 5.55. The molecule has 2 saturated heterocycles. The highest BCUT2D eigenvalue weighted by atomic mass is 19.1. The molecule has 2 aromatic rings. The predicted molar refractivity (Wildman–Crippen MR) is 97.2 cm³/mol. The Morgan fingerprint density at radius 1 is 1.33 bits per heavy atom. The van der Waals surface area contributed by atoms with E-state index in [1.807, 2.05) is 18.0 Å². The smallest absolute Gasteiger partial charge is 0.274 e. The van der Waals surface area contributed by atoms with E-state index in [-0.39, 0.29) is 29.6 Å². The first-order chi connectivity index (χ1) is 13.0. The third-order valence-electron chi connectivity index (χ3n) is 5.55. The van der Waals surface area contributed by atoms with Crippen molar-refractivity contribution in [1.82, 2.24) is 19.4 Å². The number of aromatic nitrogens is 2. The molecule has 2 fully saturated rings. The van der Waals surface area contributed by atoms with Crippen LogP contribution in [0, 0.1) is 11.7 Å². The van der Waals surface area contributed by atoms with Crippen molar-refractivity contribution in [3.05, 3.63) is 53.9 Å². The second kappa shape index (κ2) is 7.13. The van der Waals surface area contributed by atoms with Crippen molar-refractivity contribution in [1.29, 1.82) is 0 Å². The maximum Gasteiger partial charge on any atom is 0.274 e. The van der Waals surface area contributed by atoms with E-state index in [1.54, 1.807) is 28.1 Å². The standard InChI is InChI=1S/C20H23FN4O2/c1-23-11-17(22-13-23)20(27)24-10-15-5-3-7-19(26)25(18(15)12-24)9-14-4-2-6-16(21)8-14/h2,4,6,8,11,13,15,18H,3,5,7,9-10,12H2,1H3/t15-,18+/m1/s1. The van der Waals surface area contributed by atoms with Gasteiger partial charge >= 0.3 is 0 Å². The summed E-state index contributed by atoms with van der Waals surface area (Å²) in [5.41, 5.74) is 1.20. The van der Waals surface area contributed by atoms with Gasteiger partial charge in [-0.05, 0) is 36.5 Å². The van der Waals surface area contributed by atoms with Gasteiger partial charge in [-0.25, -0.2) is 9.37 Å². The summed E-state index contributed by atoms with van der Waals surface area (Å²) in [7, 11) is 1.83. The van der Waals surface area contributed by atoms with E-state index in [1.165, 1.54) is 12.1 Å². The van der Waals surface area contributed by atoms with Gasteiger partial charge in [0, 0.05) is 39.3 Å². The lowest BCUT2D eigenvalue weighted by Crippen LogP contribution is -2.43. The van der Waals surface area contributed by atoms with Crippen LogP contribution in [0.2, 0.25) is 0 Å². The first-order valence-electron chi connectivity index (χ1n) is 9.32. The summed E-state index contributed by atoms with van der Waals surface area (Å²) >= 11 is 0. The summed E-state index contributed by atoms with van der Waals surface area (Å²) in [5.74, 6) is -0.0666. The molecule has 0 aliphatic carbocycles. The molecule has 0 spiro atoms. The van der Waals surface area contributed by atoms with Gasteiger partial charge in [-0.3, -0.25) is 9.59 Å². The minimum Gasteiger partial charge on any atom is -0.340 e. The molecule has 27 heavy (non-hydrogen) atoms. The molecule has 0 N–H and O–H groups in total. The number of imidazole rings is 1. The normalized spacial score (nSPS) is 22.7. The van der Waals surface area contributed by atoms with E-state index in [4.69, 9.17) is 0 Å². The molecule has 0 bridgehead atoms. The Morgan fingerprint density at radius 2 is 2.19 bits per heavy atom.